The Hall–Kier alpha value is -1.44. The molecular weight excluding hydrogens is 396 g/mol. The molecule has 0 saturated carbocycles. The van der Waals surface area contributed by atoms with Gasteiger partial charge in [0, 0.05) is 16.6 Å². The number of rotatable bonds is 3. The van der Waals surface area contributed by atoms with Gasteiger partial charge >= 0.3 is 0 Å². The van der Waals surface area contributed by atoms with Gasteiger partial charge in [-0.15, -0.1) is 12.4 Å². The van der Waals surface area contributed by atoms with E-state index in [0.29, 0.717) is 16.9 Å². The van der Waals surface area contributed by atoms with E-state index in [0.717, 1.165) is 23.9 Å². The lowest BCUT2D eigenvalue weighted by Crippen LogP contribution is -2.47. The van der Waals surface area contributed by atoms with Crippen molar-refractivity contribution in [2.75, 3.05) is 6.54 Å². The Morgan fingerprint density at radius 3 is 3.04 bits per heavy atom. The largest absolute Gasteiger partial charge is 0.352 e. The molecule has 0 bridgehead atoms. The van der Waals surface area contributed by atoms with Crippen molar-refractivity contribution in [2.24, 2.45) is 0 Å². The molecule has 1 saturated heterocycles. The number of nitrogens with zero attached hydrogens (tertiary/aromatic N) is 2. The van der Waals surface area contributed by atoms with Crippen molar-refractivity contribution < 1.29 is 4.79 Å². The number of hydrogen-bond donors (Lipinski definition) is 2. The van der Waals surface area contributed by atoms with Gasteiger partial charge in [0.15, 0.2) is 0 Å². The average molecular weight is 416 g/mol. The molecule has 1 fully saturated rings. The molecule has 0 aliphatic carbocycles. The van der Waals surface area contributed by atoms with Crippen LogP contribution in [0.25, 0.3) is 10.9 Å². The molecule has 0 radical (unpaired) electrons. The highest BCUT2D eigenvalue weighted by Gasteiger charge is 2.20. The summed E-state index contributed by atoms with van der Waals surface area (Å²) in [7, 11) is 0. The lowest BCUT2D eigenvalue weighted by molar-refractivity contribution is -0.122. The Labute approximate surface area is 154 Å². The van der Waals surface area contributed by atoms with Gasteiger partial charge in [-0.25, -0.2) is 4.98 Å². The highest BCUT2D eigenvalue weighted by Crippen LogP contribution is 2.14. The summed E-state index contributed by atoms with van der Waals surface area (Å²) in [5.74, 6) is -0.151. The van der Waals surface area contributed by atoms with Crippen LogP contribution in [0.1, 0.15) is 19.8 Å². The maximum Gasteiger partial charge on any atom is 0.261 e. The van der Waals surface area contributed by atoms with E-state index in [1.165, 1.54) is 10.9 Å². The predicted octanol–water partition coefficient (Wildman–Crippen LogP) is 1.84. The highest BCUT2D eigenvalue weighted by atomic mass is 79.9. The van der Waals surface area contributed by atoms with Crippen molar-refractivity contribution in [3.05, 3.63) is 39.4 Å². The van der Waals surface area contributed by atoms with E-state index in [1.54, 1.807) is 12.1 Å². The molecule has 2 unspecified atom stereocenters. The van der Waals surface area contributed by atoms with Crippen LogP contribution in [0.2, 0.25) is 0 Å². The fourth-order valence-electron chi connectivity index (χ4n) is 2.93. The number of fused-ring (bicyclic) bond motifs is 1. The van der Waals surface area contributed by atoms with Gasteiger partial charge in [0.2, 0.25) is 5.91 Å². The topological polar surface area (TPSA) is 76.0 Å². The van der Waals surface area contributed by atoms with E-state index in [4.69, 9.17) is 0 Å². The van der Waals surface area contributed by atoms with Gasteiger partial charge in [-0.3, -0.25) is 14.2 Å². The maximum atomic E-state index is 12.5. The van der Waals surface area contributed by atoms with Crippen LogP contribution in [0.5, 0.6) is 0 Å². The Morgan fingerprint density at radius 1 is 1.50 bits per heavy atom. The molecule has 24 heavy (non-hydrogen) atoms. The average Bonchev–Trinajstić information content (AvgIpc) is 2.50. The second kappa shape index (κ2) is 8.09. The van der Waals surface area contributed by atoms with Crippen LogP contribution in [-0.2, 0) is 11.3 Å². The number of carbonyl (C=O) groups excluding carboxylic acids is 1. The summed E-state index contributed by atoms with van der Waals surface area (Å²) in [6.07, 6.45) is 3.25. The number of amides is 1. The Balaban J connectivity index is 0.00000208. The Kier molecular flexibility index (Phi) is 6.37. The van der Waals surface area contributed by atoms with E-state index in [-0.39, 0.29) is 36.5 Å². The summed E-state index contributed by atoms with van der Waals surface area (Å²) < 4.78 is 2.17. The normalized spacial score (nSPS) is 20.4. The molecule has 2 heterocycles. The molecule has 1 aliphatic heterocycles. The molecule has 3 rings (SSSR count). The quantitative estimate of drug-likeness (QED) is 0.802. The fraction of sp³-hybridized carbons (Fsp3) is 0.438. The van der Waals surface area contributed by atoms with Crippen molar-refractivity contribution in [3.8, 4) is 0 Å². The van der Waals surface area contributed by atoms with Gasteiger partial charge in [0.25, 0.3) is 5.56 Å². The number of aromatic nitrogens is 2. The van der Waals surface area contributed by atoms with Gasteiger partial charge in [-0.1, -0.05) is 15.9 Å². The maximum absolute atomic E-state index is 12.5. The van der Waals surface area contributed by atoms with Crippen LogP contribution in [0, 0.1) is 0 Å². The number of benzene rings is 1. The SMILES string of the molecule is CC1CC(NC(=O)Cn2cnc3ccc(Br)cc3c2=O)CCN1.Cl. The van der Waals surface area contributed by atoms with Crippen molar-refractivity contribution in [1.82, 2.24) is 20.2 Å². The molecule has 6 nitrogen and oxygen atoms in total. The molecular formula is C16H20BrClN4O2. The lowest BCUT2D eigenvalue weighted by Gasteiger charge is -2.28. The molecule has 1 aliphatic rings. The monoisotopic (exact) mass is 414 g/mol. The van der Waals surface area contributed by atoms with E-state index in [1.807, 2.05) is 6.07 Å². The summed E-state index contributed by atoms with van der Waals surface area (Å²) in [6, 6.07) is 5.91. The van der Waals surface area contributed by atoms with Crippen LogP contribution in [0.15, 0.2) is 33.8 Å². The van der Waals surface area contributed by atoms with Gasteiger partial charge in [-0.2, -0.15) is 0 Å². The smallest absolute Gasteiger partial charge is 0.261 e. The second-order valence-electron chi connectivity index (χ2n) is 5.98. The number of halogens is 2. The first kappa shape index (κ1) is 18.9. The van der Waals surface area contributed by atoms with Gasteiger partial charge in [0.05, 0.1) is 17.2 Å². The van der Waals surface area contributed by atoms with Crippen molar-refractivity contribution in [2.45, 2.75) is 38.4 Å². The summed E-state index contributed by atoms with van der Waals surface area (Å²) in [5, 5.41) is 6.86. The third-order valence-corrected chi connectivity index (χ3v) is 4.58. The van der Waals surface area contributed by atoms with Gasteiger partial charge in [0.1, 0.15) is 6.54 Å². The van der Waals surface area contributed by atoms with E-state index < -0.39 is 0 Å². The molecule has 8 heteroatoms. The van der Waals surface area contributed by atoms with Crippen molar-refractivity contribution in [1.29, 1.82) is 0 Å². The van der Waals surface area contributed by atoms with Crippen LogP contribution in [-0.4, -0.2) is 34.1 Å². The van der Waals surface area contributed by atoms with E-state index in [2.05, 4.69) is 38.5 Å². The minimum absolute atomic E-state index is 0. The first-order chi connectivity index (χ1) is 11.0. The summed E-state index contributed by atoms with van der Waals surface area (Å²) in [5.41, 5.74) is 0.423. The minimum atomic E-state index is -0.204. The molecule has 130 valence electrons. The lowest BCUT2D eigenvalue weighted by atomic mass is 10.0. The van der Waals surface area contributed by atoms with Gasteiger partial charge in [-0.05, 0) is 44.5 Å². The Bertz CT molecular complexity index is 795. The standard InChI is InChI=1S/C16H19BrN4O2.ClH/c1-10-6-12(4-5-18-10)20-15(22)8-21-9-19-14-3-2-11(17)7-13(14)16(21)23;/h2-3,7,9-10,12,18H,4-6,8H2,1H3,(H,20,22);1H. The first-order valence-corrected chi connectivity index (χ1v) is 8.49. The number of piperidine rings is 1. The third-order valence-electron chi connectivity index (χ3n) is 4.09. The molecule has 2 N–H and O–H groups in total. The van der Waals surface area contributed by atoms with Crippen molar-refractivity contribution in [3.63, 3.8) is 0 Å². The molecule has 2 aromatic rings. The van der Waals surface area contributed by atoms with Crippen LogP contribution >= 0.6 is 28.3 Å². The zero-order valence-electron chi connectivity index (χ0n) is 13.3. The zero-order valence-corrected chi connectivity index (χ0v) is 15.7. The highest BCUT2D eigenvalue weighted by molar-refractivity contribution is 9.10. The molecule has 1 aromatic heterocycles. The predicted molar refractivity (Wildman–Crippen MR) is 99.6 cm³/mol. The summed E-state index contributed by atoms with van der Waals surface area (Å²) in [4.78, 5) is 28.9. The van der Waals surface area contributed by atoms with E-state index in [9.17, 15) is 9.59 Å². The molecule has 1 amide bonds. The second-order valence-corrected chi connectivity index (χ2v) is 6.90. The summed E-state index contributed by atoms with van der Waals surface area (Å²) >= 11 is 3.35. The number of hydrogen-bond acceptors (Lipinski definition) is 4. The molecule has 1 aromatic carbocycles. The zero-order chi connectivity index (χ0) is 16.4. The van der Waals surface area contributed by atoms with Crippen molar-refractivity contribution >= 4 is 45.1 Å². The fourth-order valence-corrected chi connectivity index (χ4v) is 3.30. The minimum Gasteiger partial charge on any atom is -0.352 e. The van der Waals surface area contributed by atoms with Crippen LogP contribution < -0.4 is 16.2 Å². The third kappa shape index (κ3) is 4.34. The van der Waals surface area contributed by atoms with Crippen LogP contribution in [0.3, 0.4) is 0 Å². The molecule has 2 atom stereocenters. The summed E-state index contributed by atoms with van der Waals surface area (Å²) in [6.45, 7) is 3.00. The number of carbonyl (C=O) groups is 1. The Morgan fingerprint density at radius 2 is 2.29 bits per heavy atom. The number of nitrogens with one attached hydrogen (secondary N) is 2. The van der Waals surface area contributed by atoms with Crippen LogP contribution in [0.4, 0.5) is 0 Å². The van der Waals surface area contributed by atoms with Gasteiger partial charge < -0.3 is 10.6 Å². The van der Waals surface area contributed by atoms with E-state index >= 15 is 0 Å². The first-order valence-electron chi connectivity index (χ1n) is 7.70. The molecule has 0 spiro atoms.